The average molecular weight is 289 g/mol. The smallest absolute Gasteiger partial charge is 0.192 e. The minimum atomic E-state index is -0.213. The molecule has 1 N–H and O–H groups in total. The van der Waals surface area contributed by atoms with Crippen LogP contribution in [0.1, 0.15) is 24.1 Å². The molecule has 1 aromatic carbocycles. The van der Waals surface area contributed by atoms with Gasteiger partial charge in [0.1, 0.15) is 5.82 Å². The molecular weight excluding hydrogens is 273 g/mol. The Balaban J connectivity index is 1.74. The first-order chi connectivity index (χ1) is 9.69. The van der Waals surface area contributed by atoms with Crippen molar-refractivity contribution in [3.8, 4) is 0 Å². The summed E-state index contributed by atoms with van der Waals surface area (Å²) in [5.74, 6) is -0.213. The number of aromatic nitrogens is 2. The lowest BCUT2D eigenvalue weighted by Gasteiger charge is -2.06. The molecule has 5 heteroatoms. The molecule has 20 heavy (non-hydrogen) atoms. The molecule has 3 rings (SSSR count). The molecule has 0 amide bonds. The van der Waals surface area contributed by atoms with Crippen LogP contribution in [0.25, 0.3) is 0 Å². The number of halogens is 1. The van der Waals surface area contributed by atoms with Crippen molar-refractivity contribution in [1.82, 2.24) is 15.3 Å². The molecule has 0 saturated heterocycles. The van der Waals surface area contributed by atoms with E-state index in [2.05, 4.69) is 15.3 Å². The Labute approximate surface area is 122 Å². The van der Waals surface area contributed by atoms with Crippen LogP contribution >= 0.6 is 11.8 Å². The number of rotatable bonds is 5. The molecule has 3 nitrogen and oxygen atoms in total. The molecule has 104 valence electrons. The Morgan fingerprint density at radius 1 is 1.35 bits per heavy atom. The number of aryl methyl sites for hydroxylation is 1. The minimum Gasteiger partial charge on any atom is -0.310 e. The number of hydrogen-bond acceptors (Lipinski definition) is 4. The van der Waals surface area contributed by atoms with E-state index in [-0.39, 0.29) is 5.82 Å². The lowest BCUT2D eigenvalue weighted by molar-refractivity contribution is 0.615. The highest BCUT2D eigenvalue weighted by molar-refractivity contribution is 7.99. The van der Waals surface area contributed by atoms with Gasteiger partial charge in [-0.05, 0) is 61.4 Å². The molecule has 0 bridgehead atoms. The van der Waals surface area contributed by atoms with Crippen molar-refractivity contribution in [1.29, 1.82) is 0 Å². The van der Waals surface area contributed by atoms with Gasteiger partial charge >= 0.3 is 0 Å². The zero-order valence-electron chi connectivity index (χ0n) is 11.3. The van der Waals surface area contributed by atoms with Crippen LogP contribution in [-0.2, 0) is 6.54 Å². The van der Waals surface area contributed by atoms with Gasteiger partial charge in [0.25, 0.3) is 0 Å². The zero-order valence-corrected chi connectivity index (χ0v) is 12.1. The molecule has 0 spiro atoms. The molecule has 1 saturated carbocycles. The van der Waals surface area contributed by atoms with Gasteiger partial charge in [-0.2, -0.15) is 0 Å². The van der Waals surface area contributed by atoms with Crippen LogP contribution in [0.2, 0.25) is 0 Å². The van der Waals surface area contributed by atoms with Crippen LogP contribution in [0.3, 0.4) is 0 Å². The molecule has 1 heterocycles. The molecule has 1 aliphatic rings. The summed E-state index contributed by atoms with van der Waals surface area (Å²) in [4.78, 5) is 9.35. The zero-order chi connectivity index (χ0) is 13.9. The summed E-state index contributed by atoms with van der Waals surface area (Å²) in [5.41, 5.74) is 1.88. The first-order valence-corrected chi connectivity index (χ1v) is 7.51. The fourth-order valence-corrected chi connectivity index (χ4v) is 2.81. The predicted molar refractivity (Wildman–Crippen MR) is 77.2 cm³/mol. The normalized spacial score (nSPS) is 14.5. The number of hydrogen-bond donors (Lipinski definition) is 1. The van der Waals surface area contributed by atoms with Crippen molar-refractivity contribution >= 4 is 11.8 Å². The van der Waals surface area contributed by atoms with Crippen LogP contribution < -0.4 is 5.32 Å². The van der Waals surface area contributed by atoms with Crippen molar-refractivity contribution in [3.63, 3.8) is 0 Å². The van der Waals surface area contributed by atoms with E-state index in [4.69, 9.17) is 0 Å². The molecule has 1 fully saturated rings. The maximum absolute atomic E-state index is 13.7. The number of nitrogens with one attached hydrogen (secondary N) is 1. The highest BCUT2D eigenvalue weighted by atomic mass is 32.2. The Hall–Kier alpha value is -1.46. The first kappa shape index (κ1) is 13.5. The first-order valence-electron chi connectivity index (χ1n) is 6.69. The maximum Gasteiger partial charge on any atom is 0.192 e. The topological polar surface area (TPSA) is 37.8 Å². The summed E-state index contributed by atoms with van der Waals surface area (Å²) in [5, 5.41) is 4.04. The van der Waals surface area contributed by atoms with Gasteiger partial charge in [0.05, 0.1) is 0 Å². The maximum atomic E-state index is 13.7. The van der Waals surface area contributed by atoms with E-state index in [0.29, 0.717) is 17.7 Å². The second-order valence-corrected chi connectivity index (χ2v) is 6.07. The lowest BCUT2D eigenvalue weighted by Crippen LogP contribution is -2.15. The number of benzene rings is 1. The van der Waals surface area contributed by atoms with Crippen LogP contribution in [0.15, 0.2) is 40.5 Å². The van der Waals surface area contributed by atoms with Gasteiger partial charge in [-0.1, -0.05) is 0 Å². The summed E-state index contributed by atoms with van der Waals surface area (Å²) in [6.45, 7) is 2.63. The minimum absolute atomic E-state index is 0.213. The van der Waals surface area contributed by atoms with Crippen molar-refractivity contribution < 1.29 is 4.39 Å². The third-order valence-corrected chi connectivity index (χ3v) is 3.94. The van der Waals surface area contributed by atoms with Crippen LogP contribution in [-0.4, -0.2) is 16.0 Å². The summed E-state index contributed by atoms with van der Waals surface area (Å²) in [6, 6.07) is 7.57. The van der Waals surface area contributed by atoms with Gasteiger partial charge in [0, 0.05) is 29.4 Å². The van der Waals surface area contributed by atoms with Crippen molar-refractivity contribution in [3.05, 3.63) is 47.5 Å². The van der Waals surface area contributed by atoms with E-state index < -0.39 is 0 Å². The van der Waals surface area contributed by atoms with Crippen molar-refractivity contribution in [2.45, 2.75) is 42.4 Å². The van der Waals surface area contributed by atoms with E-state index in [1.165, 1.54) is 30.7 Å². The summed E-state index contributed by atoms with van der Waals surface area (Å²) < 4.78 is 13.7. The fourth-order valence-electron chi connectivity index (χ4n) is 1.91. The van der Waals surface area contributed by atoms with Gasteiger partial charge in [-0.3, -0.25) is 0 Å². The second kappa shape index (κ2) is 5.89. The van der Waals surface area contributed by atoms with Gasteiger partial charge in [0.15, 0.2) is 5.16 Å². The molecule has 1 aromatic heterocycles. The van der Waals surface area contributed by atoms with Crippen LogP contribution in [0.5, 0.6) is 0 Å². The van der Waals surface area contributed by atoms with E-state index in [0.717, 1.165) is 16.2 Å². The molecule has 0 aliphatic heterocycles. The van der Waals surface area contributed by atoms with Crippen LogP contribution in [0, 0.1) is 12.7 Å². The number of nitrogens with zero attached hydrogens (tertiary/aromatic N) is 2. The summed E-state index contributed by atoms with van der Waals surface area (Å²) >= 11 is 1.39. The average Bonchev–Trinajstić information content (AvgIpc) is 3.20. The monoisotopic (exact) mass is 289 g/mol. The SMILES string of the molecule is Cc1ccnc(Sc2cc(F)cc(CNC3CC3)c2)n1. The van der Waals surface area contributed by atoms with Crippen LogP contribution in [0.4, 0.5) is 4.39 Å². The Morgan fingerprint density at radius 2 is 2.20 bits per heavy atom. The standard InChI is InChI=1S/C15H16FN3S/c1-10-4-5-17-15(19-10)20-14-7-11(6-12(16)8-14)9-18-13-2-3-13/h4-8,13,18H,2-3,9H2,1H3. The van der Waals surface area contributed by atoms with E-state index in [9.17, 15) is 4.39 Å². The van der Waals surface area contributed by atoms with Crippen molar-refractivity contribution in [2.24, 2.45) is 0 Å². The van der Waals surface area contributed by atoms with Gasteiger partial charge in [0.2, 0.25) is 0 Å². The lowest BCUT2D eigenvalue weighted by atomic mass is 10.2. The van der Waals surface area contributed by atoms with Crippen molar-refractivity contribution in [2.75, 3.05) is 0 Å². The second-order valence-electron chi connectivity index (χ2n) is 5.03. The summed E-state index contributed by atoms with van der Waals surface area (Å²) in [6.07, 6.45) is 4.18. The molecular formula is C15H16FN3S. The highest BCUT2D eigenvalue weighted by Crippen LogP contribution is 2.27. The Kier molecular flexibility index (Phi) is 3.98. The molecule has 0 unspecified atom stereocenters. The molecule has 0 radical (unpaired) electrons. The highest BCUT2D eigenvalue weighted by Gasteiger charge is 2.20. The van der Waals surface area contributed by atoms with Gasteiger partial charge in [-0.15, -0.1) is 0 Å². The third-order valence-electron chi connectivity index (χ3n) is 3.09. The molecule has 1 aliphatic carbocycles. The van der Waals surface area contributed by atoms with E-state index in [1.54, 1.807) is 12.3 Å². The summed E-state index contributed by atoms with van der Waals surface area (Å²) in [7, 11) is 0. The molecule has 0 atom stereocenters. The third kappa shape index (κ3) is 3.77. The quantitative estimate of drug-likeness (QED) is 0.857. The largest absolute Gasteiger partial charge is 0.310 e. The Bertz CT molecular complexity index is 614. The van der Waals surface area contributed by atoms with E-state index >= 15 is 0 Å². The fraction of sp³-hybridized carbons (Fsp3) is 0.333. The van der Waals surface area contributed by atoms with Gasteiger partial charge < -0.3 is 5.32 Å². The predicted octanol–water partition coefficient (Wildman–Crippen LogP) is 3.33. The molecule has 2 aromatic rings. The Morgan fingerprint density at radius 3 is 2.95 bits per heavy atom. The van der Waals surface area contributed by atoms with E-state index in [1.807, 2.05) is 19.1 Å². The van der Waals surface area contributed by atoms with Gasteiger partial charge in [-0.25, -0.2) is 14.4 Å².